The number of para-hydroxylation sites is 2. The Labute approximate surface area is 204 Å². The Balaban J connectivity index is 1.27. The zero-order valence-electron chi connectivity index (χ0n) is 19.4. The van der Waals surface area contributed by atoms with E-state index in [2.05, 4.69) is 32.6 Å². The lowest BCUT2D eigenvalue weighted by molar-refractivity contribution is -0.136. The molecule has 0 aliphatic carbocycles. The summed E-state index contributed by atoms with van der Waals surface area (Å²) in [5.41, 5.74) is 2.79. The number of nitrogens with one attached hydrogen (secondary N) is 2. The fourth-order valence-electron chi connectivity index (χ4n) is 4.49. The molecule has 0 saturated carbocycles. The van der Waals surface area contributed by atoms with Gasteiger partial charge in [0.1, 0.15) is 0 Å². The molecule has 2 aliphatic heterocycles. The number of piperazine rings is 1. The highest BCUT2D eigenvalue weighted by atomic mass is 16.7. The number of carbonyl (C=O) groups excluding carboxylic acids is 2. The fourth-order valence-corrected chi connectivity index (χ4v) is 4.49. The van der Waals surface area contributed by atoms with Crippen LogP contribution >= 0.6 is 0 Å². The van der Waals surface area contributed by atoms with Gasteiger partial charge in [0.2, 0.25) is 6.79 Å². The molecule has 0 bridgehead atoms. The molecular weight excluding hydrogens is 444 g/mol. The molecule has 1 atom stereocenters. The largest absolute Gasteiger partial charge is 0.454 e. The molecule has 1 fully saturated rings. The third kappa shape index (κ3) is 5.38. The van der Waals surface area contributed by atoms with E-state index in [9.17, 15) is 9.59 Å². The molecule has 35 heavy (non-hydrogen) atoms. The normalized spacial score (nSPS) is 15.9. The van der Waals surface area contributed by atoms with E-state index in [4.69, 9.17) is 9.47 Å². The summed E-state index contributed by atoms with van der Waals surface area (Å²) in [6.45, 7) is 3.88. The van der Waals surface area contributed by atoms with Crippen molar-refractivity contribution >= 4 is 23.2 Å². The van der Waals surface area contributed by atoms with E-state index in [0.29, 0.717) is 23.7 Å². The maximum atomic E-state index is 12.6. The summed E-state index contributed by atoms with van der Waals surface area (Å²) in [7, 11) is 0. The lowest BCUT2D eigenvalue weighted by Gasteiger charge is -2.40. The predicted molar refractivity (Wildman–Crippen MR) is 134 cm³/mol. The van der Waals surface area contributed by atoms with Gasteiger partial charge in [-0.3, -0.25) is 14.5 Å². The topological polar surface area (TPSA) is 83.1 Å². The molecule has 2 amide bonds. The van der Waals surface area contributed by atoms with E-state index >= 15 is 0 Å². The van der Waals surface area contributed by atoms with Gasteiger partial charge in [-0.1, -0.05) is 42.5 Å². The molecule has 180 valence electrons. The number of hydrogen-bond acceptors (Lipinski definition) is 6. The summed E-state index contributed by atoms with van der Waals surface area (Å²) in [6.07, 6.45) is 0. The first-order valence-corrected chi connectivity index (χ1v) is 11.8. The average Bonchev–Trinajstić information content (AvgIpc) is 3.38. The number of fused-ring (bicyclic) bond motifs is 1. The number of nitrogens with zero attached hydrogens (tertiary/aromatic N) is 2. The SMILES string of the molecule is O=C(NC[C@H](c1ccc2c(c1)OCO2)N1CCN(c2ccccc2)CC1)C(=O)Nc1ccccc1. The quantitative estimate of drug-likeness (QED) is 0.537. The zero-order valence-corrected chi connectivity index (χ0v) is 19.4. The molecular formula is C27H28N4O4. The van der Waals surface area contributed by atoms with Gasteiger partial charge in [-0.05, 0) is 42.0 Å². The Morgan fingerprint density at radius 1 is 0.800 bits per heavy atom. The van der Waals surface area contributed by atoms with Crippen molar-refractivity contribution in [1.29, 1.82) is 0 Å². The first kappa shape index (κ1) is 22.7. The molecule has 2 N–H and O–H groups in total. The van der Waals surface area contributed by atoms with Crippen LogP contribution in [0.1, 0.15) is 11.6 Å². The van der Waals surface area contributed by atoms with Crippen molar-refractivity contribution in [3.63, 3.8) is 0 Å². The Morgan fingerprint density at radius 2 is 1.49 bits per heavy atom. The highest BCUT2D eigenvalue weighted by molar-refractivity contribution is 6.39. The number of rotatable bonds is 6. The molecule has 0 radical (unpaired) electrons. The zero-order chi connectivity index (χ0) is 24.0. The van der Waals surface area contributed by atoms with E-state index in [0.717, 1.165) is 31.7 Å². The molecule has 8 heteroatoms. The van der Waals surface area contributed by atoms with Gasteiger partial charge in [-0.15, -0.1) is 0 Å². The van der Waals surface area contributed by atoms with Crippen molar-refractivity contribution in [2.45, 2.75) is 6.04 Å². The minimum Gasteiger partial charge on any atom is -0.454 e. The van der Waals surface area contributed by atoms with Crippen molar-refractivity contribution in [2.24, 2.45) is 0 Å². The van der Waals surface area contributed by atoms with Crippen LogP contribution in [0.2, 0.25) is 0 Å². The summed E-state index contributed by atoms with van der Waals surface area (Å²) in [6, 6.07) is 25.1. The highest BCUT2D eigenvalue weighted by Crippen LogP contribution is 2.35. The van der Waals surface area contributed by atoms with Gasteiger partial charge < -0.3 is 25.0 Å². The minimum absolute atomic E-state index is 0.115. The van der Waals surface area contributed by atoms with Crippen molar-refractivity contribution in [3.8, 4) is 11.5 Å². The van der Waals surface area contributed by atoms with Crippen molar-refractivity contribution in [2.75, 3.05) is 49.7 Å². The van der Waals surface area contributed by atoms with E-state index in [1.165, 1.54) is 5.69 Å². The van der Waals surface area contributed by atoms with Gasteiger partial charge in [0.15, 0.2) is 11.5 Å². The second kappa shape index (κ2) is 10.5. The summed E-state index contributed by atoms with van der Waals surface area (Å²) >= 11 is 0. The van der Waals surface area contributed by atoms with Gasteiger partial charge >= 0.3 is 11.8 Å². The van der Waals surface area contributed by atoms with Crippen LogP contribution < -0.4 is 25.0 Å². The molecule has 8 nitrogen and oxygen atoms in total. The maximum absolute atomic E-state index is 12.6. The Morgan fingerprint density at radius 3 is 2.23 bits per heavy atom. The first-order chi connectivity index (χ1) is 17.2. The van der Waals surface area contributed by atoms with Crippen LogP contribution in [0.5, 0.6) is 11.5 Å². The van der Waals surface area contributed by atoms with Crippen molar-refractivity contribution in [3.05, 3.63) is 84.4 Å². The maximum Gasteiger partial charge on any atom is 0.313 e. The van der Waals surface area contributed by atoms with E-state index in [1.54, 1.807) is 24.3 Å². The third-order valence-electron chi connectivity index (χ3n) is 6.35. The van der Waals surface area contributed by atoms with E-state index < -0.39 is 11.8 Å². The molecule has 0 unspecified atom stereocenters. The molecule has 3 aromatic carbocycles. The summed E-state index contributed by atoms with van der Waals surface area (Å²) in [5.74, 6) is 0.0632. The Hall–Kier alpha value is -4.04. The lowest BCUT2D eigenvalue weighted by atomic mass is 10.0. The average molecular weight is 473 g/mol. The fraction of sp³-hybridized carbons (Fsp3) is 0.259. The number of hydrogen-bond donors (Lipinski definition) is 2. The van der Waals surface area contributed by atoms with Gasteiger partial charge in [0.25, 0.3) is 0 Å². The number of carbonyl (C=O) groups is 2. The first-order valence-electron chi connectivity index (χ1n) is 11.8. The van der Waals surface area contributed by atoms with Crippen LogP contribution in [0.4, 0.5) is 11.4 Å². The predicted octanol–water partition coefficient (Wildman–Crippen LogP) is 3.03. The second-order valence-electron chi connectivity index (χ2n) is 8.52. The number of amides is 2. The highest BCUT2D eigenvalue weighted by Gasteiger charge is 2.28. The molecule has 0 aromatic heterocycles. The van der Waals surface area contributed by atoms with Crippen LogP contribution in [0.25, 0.3) is 0 Å². The van der Waals surface area contributed by atoms with Crippen LogP contribution in [0.3, 0.4) is 0 Å². The molecule has 1 saturated heterocycles. The van der Waals surface area contributed by atoms with Crippen LogP contribution in [0, 0.1) is 0 Å². The van der Waals surface area contributed by atoms with Crippen molar-refractivity contribution in [1.82, 2.24) is 10.2 Å². The van der Waals surface area contributed by atoms with E-state index in [1.807, 2.05) is 42.5 Å². The number of benzene rings is 3. The summed E-state index contributed by atoms with van der Waals surface area (Å²) in [4.78, 5) is 29.7. The molecule has 2 aliphatic rings. The number of anilines is 2. The van der Waals surface area contributed by atoms with Gasteiger partial charge in [-0.25, -0.2) is 0 Å². The monoisotopic (exact) mass is 472 g/mol. The smallest absolute Gasteiger partial charge is 0.313 e. The molecule has 3 aromatic rings. The van der Waals surface area contributed by atoms with Crippen molar-refractivity contribution < 1.29 is 19.1 Å². The standard InChI is InChI=1S/C27H28N4O4/c32-26(27(33)29-21-7-3-1-4-8-21)28-18-23(20-11-12-24-25(17-20)35-19-34-24)31-15-13-30(14-16-31)22-9-5-2-6-10-22/h1-12,17,23H,13-16,18-19H2,(H,28,32)(H,29,33)/t23-/m1/s1. The molecule has 0 spiro atoms. The Bertz CT molecular complexity index is 1160. The minimum atomic E-state index is -0.686. The summed E-state index contributed by atoms with van der Waals surface area (Å²) in [5, 5.41) is 5.47. The number of ether oxygens (including phenoxy) is 2. The molecule has 5 rings (SSSR count). The van der Waals surface area contributed by atoms with Gasteiger partial charge in [0, 0.05) is 44.1 Å². The third-order valence-corrected chi connectivity index (χ3v) is 6.35. The lowest BCUT2D eigenvalue weighted by Crippen LogP contribution is -2.50. The van der Waals surface area contributed by atoms with Gasteiger partial charge in [0.05, 0.1) is 6.04 Å². The Kier molecular flexibility index (Phi) is 6.81. The second-order valence-corrected chi connectivity index (χ2v) is 8.52. The van der Waals surface area contributed by atoms with Crippen LogP contribution in [-0.4, -0.2) is 56.2 Å². The van der Waals surface area contributed by atoms with Crippen LogP contribution in [0.15, 0.2) is 78.9 Å². The van der Waals surface area contributed by atoms with Crippen LogP contribution in [-0.2, 0) is 9.59 Å². The van der Waals surface area contributed by atoms with E-state index in [-0.39, 0.29) is 12.8 Å². The van der Waals surface area contributed by atoms with Gasteiger partial charge in [-0.2, -0.15) is 0 Å². The molecule has 2 heterocycles. The summed E-state index contributed by atoms with van der Waals surface area (Å²) < 4.78 is 11.0.